The van der Waals surface area contributed by atoms with Crippen LogP contribution in [0.25, 0.3) is 0 Å². The maximum Gasteiger partial charge on any atom is 0.407 e. The minimum atomic E-state index is -0.817. The highest BCUT2D eigenvalue weighted by Crippen LogP contribution is 2.31. The Balaban J connectivity index is 0.000000373. The van der Waals surface area contributed by atoms with E-state index in [2.05, 4.69) is 29.8 Å². The number of nitrogens with two attached hydrogens (primary N) is 1. The van der Waals surface area contributed by atoms with Gasteiger partial charge in [-0.05, 0) is 97.6 Å². The van der Waals surface area contributed by atoms with E-state index in [1.165, 1.54) is 0 Å². The number of nitrogens with one attached hydrogen (secondary N) is 3. The fraction of sp³-hybridized carbons (Fsp3) is 0.700. The van der Waals surface area contributed by atoms with Gasteiger partial charge in [-0.2, -0.15) is 0 Å². The quantitative estimate of drug-likeness (QED) is 0.0753. The maximum atomic E-state index is 12.3. The van der Waals surface area contributed by atoms with Crippen molar-refractivity contribution in [1.29, 1.82) is 0 Å². The van der Waals surface area contributed by atoms with Gasteiger partial charge in [0.2, 0.25) is 0 Å². The summed E-state index contributed by atoms with van der Waals surface area (Å²) in [4.78, 5) is 34.8. The van der Waals surface area contributed by atoms with E-state index in [0.29, 0.717) is 45.8 Å². The smallest absolute Gasteiger partial charge is 0.407 e. The summed E-state index contributed by atoms with van der Waals surface area (Å²) < 4.78 is 32.9. The molecule has 2 aliphatic rings. The summed E-state index contributed by atoms with van der Waals surface area (Å²) in [7, 11) is 0. The molecule has 0 aromatic heterocycles. The molecule has 2 aromatic carbocycles. The number of hydrogen-bond acceptors (Lipinski definition) is 13. The van der Waals surface area contributed by atoms with Crippen LogP contribution in [0.5, 0.6) is 0 Å². The van der Waals surface area contributed by atoms with Crippen molar-refractivity contribution in [1.82, 2.24) is 16.0 Å². The van der Waals surface area contributed by atoms with Crippen molar-refractivity contribution >= 4 is 18.5 Å². The first-order valence-corrected chi connectivity index (χ1v) is 23.0. The Labute approximate surface area is 389 Å². The van der Waals surface area contributed by atoms with Crippen LogP contribution in [0.4, 0.5) is 9.59 Å². The van der Waals surface area contributed by atoms with Gasteiger partial charge in [0.15, 0.2) is 11.6 Å². The molecule has 65 heavy (non-hydrogen) atoms. The number of carbonyl (C=O) groups excluding carboxylic acids is 3. The molecule has 7 N–H and O–H groups in total. The van der Waals surface area contributed by atoms with Gasteiger partial charge in [-0.1, -0.05) is 88.4 Å². The average Bonchev–Trinajstić information content (AvgIpc) is 3.87. The van der Waals surface area contributed by atoms with Crippen molar-refractivity contribution in [3.05, 3.63) is 71.8 Å². The molecule has 0 radical (unpaired) electrons. The number of benzene rings is 2. The number of hydrogen-bond donors (Lipinski definition) is 6. The van der Waals surface area contributed by atoms with Gasteiger partial charge < -0.3 is 65.1 Å². The molecular formula is C50H84N4O11. The lowest BCUT2D eigenvalue weighted by atomic mass is 9.86. The predicted molar refractivity (Wildman–Crippen MR) is 253 cm³/mol. The number of aliphatic hydroxyl groups is 2. The largest absolute Gasteiger partial charge is 0.444 e. The molecule has 0 bridgehead atoms. The fourth-order valence-corrected chi connectivity index (χ4v) is 6.75. The molecule has 2 aromatic rings. The monoisotopic (exact) mass is 917 g/mol. The fourth-order valence-electron chi connectivity index (χ4n) is 6.75. The molecule has 2 amide bonds. The molecule has 15 heteroatoms. The molecule has 0 saturated carbocycles. The lowest BCUT2D eigenvalue weighted by Gasteiger charge is -2.31. The summed E-state index contributed by atoms with van der Waals surface area (Å²) in [6, 6.07) is 18.5. The van der Waals surface area contributed by atoms with Gasteiger partial charge in [-0.15, -0.1) is 0 Å². The minimum absolute atomic E-state index is 0.00552. The molecule has 0 aliphatic carbocycles. The zero-order chi connectivity index (χ0) is 49.0. The Morgan fingerprint density at radius 2 is 1.06 bits per heavy atom. The summed E-state index contributed by atoms with van der Waals surface area (Å²) in [5, 5.41) is 29.7. The van der Waals surface area contributed by atoms with Crippen LogP contribution in [0, 0.1) is 10.8 Å². The molecule has 0 spiro atoms. The van der Waals surface area contributed by atoms with Crippen molar-refractivity contribution in [3.8, 4) is 0 Å². The molecule has 0 unspecified atom stereocenters. The first kappa shape index (κ1) is 57.5. The molecule has 4 atom stereocenters. The molecule has 370 valence electrons. The second kappa shape index (κ2) is 26.6. The van der Waals surface area contributed by atoms with Crippen molar-refractivity contribution in [2.75, 3.05) is 46.1 Å². The van der Waals surface area contributed by atoms with E-state index in [1.54, 1.807) is 20.8 Å². The van der Waals surface area contributed by atoms with Crippen LogP contribution in [0.2, 0.25) is 0 Å². The van der Waals surface area contributed by atoms with E-state index in [1.807, 2.05) is 109 Å². The van der Waals surface area contributed by atoms with Crippen molar-refractivity contribution in [2.45, 2.75) is 169 Å². The second-order valence-electron chi connectivity index (χ2n) is 20.8. The van der Waals surface area contributed by atoms with Crippen LogP contribution >= 0.6 is 0 Å². The van der Waals surface area contributed by atoms with Gasteiger partial charge in [0, 0.05) is 37.9 Å². The normalized spacial score (nSPS) is 17.8. The summed E-state index contributed by atoms with van der Waals surface area (Å²) in [6.45, 7) is 26.8. The van der Waals surface area contributed by atoms with Crippen LogP contribution in [-0.4, -0.2) is 122 Å². The average molecular weight is 917 g/mol. The Morgan fingerprint density at radius 1 is 0.677 bits per heavy atom. The van der Waals surface area contributed by atoms with Crippen molar-refractivity contribution in [3.63, 3.8) is 0 Å². The topological polar surface area (TPSA) is 209 Å². The van der Waals surface area contributed by atoms with Crippen LogP contribution in [0.1, 0.15) is 120 Å². The number of ether oxygens (including phenoxy) is 6. The first-order chi connectivity index (χ1) is 30.2. The molecule has 15 nitrogen and oxygen atoms in total. The van der Waals surface area contributed by atoms with E-state index in [9.17, 15) is 24.6 Å². The van der Waals surface area contributed by atoms with Gasteiger partial charge in [0.25, 0.3) is 0 Å². The highest BCUT2D eigenvalue weighted by atomic mass is 16.7. The summed E-state index contributed by atoms with van der Waals surface area (Å²) in [6.07, 6.45) is 2.67. The van der Waals surface area contributed by atoms with E-state index < -0.39 is 59.3 Å². The second-order valence-corrected chi connectivity index (χ2v) is 20.8. The number of carbonyl (C=O) groups is 3. The third-order valence-electron chi connectivity index (χ3n) is 10.7. The third kappa shape index (κ3) is 25.2. The lowest BCUT2D eigenvalue weighted by molar-refractivity contribution is -0.152. The number of amides is 2. The van der Waals surface area contributed by atoms with Crippen LogP contribution in [0.15, 0.2) is 60.7 Å². The van der Waals surface area contributed by atoms with Gasteiger partial charge in [0.05, 0.1) is 50.7 Å². The predicted octanol–water partition coefficient (Wildman–Crippen LogP) is 6.84. The Kier molecular flexibility index (Phi) is 23.5. The SMILES string of the molecule is CC(C)(C)OC(=O)N[C@@H](Cc1ccccc1)[C@H](O)CN.CC(C)(C=O)CCC1(C)OCCO1.CC(C)(CCC1(C)OCCO1)CNC[C@@H](O)[C@H](Cc1ccccc1)NC(=O)OC(C)(C)C. The van der Waals surface area contributed by atoms with Gasteiger partial charge in [-0.3, -0.25) is 0 Å². The highest BCUT2D eigenvalue weighted by Gasteiger charge is 2.35. The van der Waals surface area contributed by atoms with E-state index in [4.69, 9.17) is 34.2 Å². The van der Waals surface area contributed by atoms with E-state index in [-0.39, 0.29) is 17.4 Å². The Bertz CT molecular complexity index is 1650. The van der Waals surface area contributed by atoms with E-state index >= 15 is 0 Å². The molecule has 4 rings (SSSR count). The summed E-state index contributed by atoms with van der Waals surface area (Å²) in [5.41, 5.74) is 6.11. The number of aliphatic hydroxyl groups excluding tert-OH is 2. The molecule has 2 heterocycles. The Morgan fingerprint density at radius 3 is 1.43 bits per heavy atom. The van der Waals surface area contributed by atoms with Gasteiger partial charge >= 0.3 is 12.2 Å². The molecule has 2 aliphatic heterocycles. The highest BCUT2D eigenvalue weighted by molar-refractivity contribution is 5.68. The zero-order valence-corrected chi connectivity index (χ0v) is 41.5. The Hall–Kier alpha value is -3.67. The van der Waals surface area contributed by atoms with Crippen LogP contribution in [-0.2, 0) is 46.1 Å². The van der Waals surface area contributed by atoms with Crippen molar-refractivity contribution in [2.24, 2.45) is 16.6 Å². The first-order valence-electron chi connectivity index (χ1n) is 23.0. The third-order valence-corrected chi connectivity index (χ3v) is 10.7. The van der Waals surface area contributed by atoms with Gasteiger partial charge in [-0.25, -0.2) is 9.59 Å². The van der Waals surface area contributed by atoms with Gasteiger partial charge in [0.1, 0.15) is 17.5 Å². The number of aldehydes is 1. The molecule has 2 fully saturated rings. The van der Waals surface area contributed by atoms with Crippen LogP contribution in [0.3, 0.4) is 0 Å². The molecule has 2 saturated heterocycles. The maximum absolute atomic E-state index is 12.3. The number of rotatable bonds is 20. The van der Waals surface area contributed by atoms with Crippen LogP contribution < -0.4 is 21.7 Å². The zero-order valence-electron chi connectivity index (χ0n) is 41.5. The number of alkyl carbamates (subject to hydrolysis) is 2. The van der Waals surface area contributed by atoms with E-state index in [0.717, 1.165) is 49.6 Å². The standard InChI is InChI=1S/C25H42N2O5.C15H24N2O3.C10H18O3/c1-23(2,3)32-22(29)27-20(16-19-10-8-7-9-11-19)21(28)17-26-18-24(4,5)12-13-25(6)30-14-15-31-25;1-15(2,3)20-14(19)17-12(13(18)10-16)9-11-7-5-4-6-8-11;1-9(2,8-11)4-5-10(3)12-6-7-13-10/h7-11,20-21,26,28H,12-18H2,1-6H3,(H,27,29);4-8,12-13,18H,9-10,16H2,1-3H3,(H,17,19);8H,4-7H2,1-3H3/t20-,21+;12-,13+;/m00./s1. The molecular weight excluding hydrogens is 833 g/mol. The van der Waals surface area contributed by atoms with Crippen molar-refractivity contribution < 1.29 is 53.0 Å². The lowest BCUT2D eigenvalue weighted by Crippen LogP contribution is -2.50. The minimum Gasteiger partial charge on any atom is -0.444 e. The summed E-state index contributed by atoms with van der Waals surface area (Å²) in [5.74, 6) is -0.949. The summed E-state index contributed by atoms with van der Waals surface area (Å²) >= 11 is 0.